The molecular formula is C17H25N3O5S. The fraction of sp³-hybridized carbons (Fsp3) is 0.588. The minimum Gasteiger partial charge on any atom is -0.454 e. The average molecular weight is 383 g/mol. The van der Waals surface area contributed by atoms with Gasteiger partial charge in [-0.05, 0) is 30.0 Å². The number of ether oxygens (including phenoxy) is 2. The van der Waals surface area contributed by atoms with E-state index in [0.717, 1.165) is 4.31 Å². The second-order valence-corrected chi connectivity index (χ2v) is 9.11. The normalized spacial score (nSPS) is 22.5. The monoisotopic (exact) mass is 383 g/mol. The fourth-order valence-corrected chi connectivity index (χ4v) is 4.15. The third-order valence-electron chi connectivity index (χ3n) is 4.91. The van der Waals surface area contributed by atoms with Gasteiger partial charge in [-0.3, -0.25) is 4.79 Å². The zero-order valence-corrected chi connectivity index (χ0v) is 16.2. The average Bonchev–Trinajstić information content (AvgIpc) is 3.19. The molecule has 0 saturated carbocycles. The Hall–Kier alpha value is -1.84. The summed E-state index contributed by atoms with van der Waals surface area (Å²) in [6.45, 7) is 5.07. The second-order valence-electron chi connectivity index (χ2n) is 7.20. The molecule has 1 N–H and O–H groups in total. The smallest absolute Gasteiger partial charge is 0.279 e. The van der Waals surface area contributed by atoms with E-state index in [4.69, 9.17) is 9.47 Å². The number of rotatable bonds is 5. The molecular weight excluding hydrogens is 358 g/mol. The number of nitrogens with zero attached hydrogens (tertiary/aromatic N) is 2. The molecule has 2 atom stereocenters. The SMILES string of the molecule is CC(C)[C@@H]1CN(C(=O)c2ccc3c(c2)OCO3)C[C@H]1NS(=O)(=O)N(C)C. The molecule has 0 spiro atoms. The van der Waals surface area contributed by atoms with Crippen LogP contribution < -0.4 is 14.2 Å². The van der Waals surface area contributed by atoms with E-state index < -0.39 is 10.2 Å². The summed E-state index contributed by atoms with van der Waals surface area (Å²) in [5.41, 5.74) is 0.507. The number of carbonyl (C=O) groups is 1. The Bertz CT molecular complexity index is 794. The van der Waals surface area contributed by atoms with Crippen molar-refractivity contribution in [1.29, 1.82) is 0 Å². The van der Waals surface area contributed by atoms with Crippen LogP contribution in [0.1, 0.15) is 24.2 Å². The number of hydrogen-bond donors (Lipinski definition) is 1. The Morgan fingerprint density at radius 3 is 2.58 bits per heavy atom. The molecule has 26 heavy (non-hydrogen) atoms. The van der Waals surface area contributed by atoms with Crippen LogP contribution in [0.15, 0.2) is 18.2 Å². The Balaban J connectivity index is 1.78. The van der Waals surface area contributed by atoms with Gasteiger partial charge in [0.05, 0.1) is 0 Å². The summed E-state index contributed by atoms with van der Waals surface area (Å²) in [5, 5.41) is 0. The van der Waals surface area contributed by atoms with Crippen LogP contribution in [0, 0.1) is 11.8 Å². The van der Waals surface area contributed by atoms with E-state index in [1.165, 1.54) is 14.1 Å². The molecule has 1 fully saturated rings. The van der Waals surface area contributed by atoms with Crippen molar-refractivity contribution >= 4 is 16.1 Å². The van der Waals surface area contributed by atoms with E-state index in [2.05, 4.69) is 4.72 Å². The van der Waals surface area contributed by atoms with Crippen molar-refractivity contribution in [2.45, 2.75) is 19.9 Å². The lowest BCUT2D eigenvalue weighted by Gasteiger charge is -2.24. The summed E-state index contributed by atoms with van der Waals surface area (Å²) < 4.78 is 38.9. The molecule has 3 rings (SSSR count). The van der Waals surface area contributed by atoms with Gasteiger partial charge in [-0.1, -0.05) is 13.8 Å². The molecule has 0 unspecified atom stereocenters. The van der Waals surface area contributed by atoms with Gasteiger partial charge in [-0.2, -0.15) is 17.4 Å². The van der Waals surface area contributed by atoms with Gasteiger partial charge in [-0.25, -0.2) is 0 Å². The van der Waals surface area contributed by atoms with E-state index in [9.17, 15) is 13.2 Å². The molecule has 2 aliphatic heterocycles. The van der Waals surface area contributed by atoms with E-state index in [1.807, 2.05) is 13.8 Å². The lowest BCUT2D eigenvalue weighted by atomic mass is 9.92. The quantitative estimate of drug-likeness (QED) is 0.816. The van der Waals surface area contributed by atoms with Crippen LogP contribution in [-0.4, -0.2) is 63.5 Å². The molecule has 8 nitrogen and oxygen atoms in total. The Morgan fingerprint density at radius 1 is 1.23 bits per heavy atom. The van der Waals surface area contributed by atoms with E-state index >= 15 is 0 Å². The lowest BCUT2D eigenvalue weighted by molar-refractivity contribution is 0.0782. The van der Waals surface area contributed by atoms with Crippen LogP contribution in [0.2, 0.25) is 0 Å². The first-order chi connectivity index (χ1) is 12.2. The summed E-state index contributed by atoms with van der Waals surface area (Å²) >= 11 is 0. The standard InChI is InChI=1S/C17H25N3O5S/c1-11(2)13-8-20(9-14(13)18-26(22,23)19(3)4)17(21)12-5-6-15-16(7-12)25-10-24-15/h5-7,11,13-14,18H,8-10H2,1-4H3/t13-,14+/m0/s1. The molecule has 9 heteroatoms. The number of fused-ring (bicyclic) bond motifs is 1. The van der Waals surface area contributed by atoms with Gasteiger partial charge in [-0.15, -0.1) is 0 Å². The third-order valence-corrected chi connectivity index (χ3v) is 6.47. The molecule has 2 heterocycles. The van der Waals surface area contributed by atoms with Crippen LogP contribution in [0.3, 0.4) is 0 Å². The fourth-order valence-electron chi connectivity index (χ4n) is 3.30. The van der Waals surface area contributed by atoms with Crippen molar-refractivity contribution < 1.29 is 22.7 Å². The molecule has 0 aromatic heterocycles. The summed E-state index contributed by atoms with van der Waals surface area (Å²) in [7, 11) is -0.594. The van der Waals surface area contributed by atoms with Crippen molar-refractivity contribution in [1.82, 2.24) is 13.9 Å². The van der Waals surface area contributed by atoms with Crippen LogP contribution >= 0.6 is 0 Å². The molecule has 2 aliphatic rings. The number of benzene rings is 1. The third kappa shape index (κ3) is 3.65. The molecule has 0 bridgehead atoms. The molecule has 0 aliphatic carbocycles. The second kappa shape index (κ2) is 7.05. The highest BCUT2D eigenvalue weighted by Crippen LogP contribution is 2.33. The van der Waals surface area contributed by atoms with Gasteiger partial charge in [0.1, 0.15) is 0 Å². The molecule has 0 radical (unpaired) electrons. The van der Waals surface area contributed by atoms with Crippen LogP contribution in [0.25, 0.3) is 0 Å². The van der Waals surface area contributed by atoms with Crippen LogP contribution in [0.5, 0.6) is 11.5 Å². The largest absolute Gasteiger partial charge is 0.454 e. The summed E-state index contributed by atoms with van der Waals surface area (Å²) in [6, 6.07) is 4.78. The molecule has 1 amide bonds. The maximum atomic E-state index is 12.9. The van der Waals surface area contributed by atoms with Gasteiger partial charge in [0.25, 0.3) is 16.1 Å². The van der Waals surface area contributed by atoms with E-state index in [1.54, 1.807) is 23.1 Å². The van der Waals surface area contributed by atoms with Crippen molar-refractivity contribution in [3.8, 4) is 11.5 Å². The van der Waals surface area contributed by atoms with Gasteiger partial charge in [0.15, 0.2) is 11.5 Å². The van der Waals surface area contributed by atoms with E-state index in [-0.39, 0.29) is 30.6 Å². The molecule has 1 saturated heterocycles. The summed E-state index contributed by atoms with van der Waals surface area (Å²) in [6.07, 6.45) is 0. The van der Waals surface area contributed by atoms with Gasteiger partial charge >= 0.3 is 0 Å². The molecule has 1 aromatic rings. The number of hydrogen-bond acceptors (Lipinski definition) is 5. The van der Waals surface area contributed by atoms with E-state index in [0.29, 0.717) is 30.2 Å². The number of nitrogens with one attached hydrogen (secondary N) is 1. The Kier molecular flexibility index (Phi) is 5.14. The van der Waals surface area contributed by atoms with Crippen LogP contribution in [0.4, 0.5) is 0 Å². The maximum Gasteiger partial charge on any atom is 0.279 e. The van der Waals surface area contributed by atoms with Crippen molar-refractivity contribution in [3.63, 3.8) is 0 Å². The first-order valence-electron chi connectivity index (χ1n) is 8.57. The minimum absolute atomic E-state index is 0.0442. The first-order valence-corrected chi connectivity index (χ1v) is 10.0. The topological polar surface area (TPSA) is 88.2 Å². The Labute approximate surface area is 154 Å². The van der Waals surface area contributed by atoms with Crippen molar-refractivity contribution in [2.24, 2.45) is 11.8 Å². The molecule has 1 aromatic carbocycles. The maximum absolute atomic E-state index is 12.9. The van der Waals surface area contributed by atoms with Crippen molar-refractivity contribution in [2.75, 3.05) is 34.0 Å². The zero-order chi connectivity index (χ0) is 19.1. The summed E-state index contributed by atoms with van der Waals surface area (Å²) in [4.78, 5) is 14.6. The van der Waals surface area contributed by atoms with Gasteiger partial charge in [0.2, 0.25) is 6.79 Å². The number of amides is 1. The van der Waals surface area contributed by atoms with Crippen molar-refractivity contribution in [3.05, 3.63) is 23.8 Å². The highest BCUT2D eigenvalue weighted by Gasteiger charge is 2.39. The zero-order valence-electron chi connectivity index (χ0n) is 15.4. The summed E-state index contributed by atoms with van der Waals surface area (Å²) in [5.74, 6) is 1.32. The minimum atomic E-state index is -3.56. The molecule has 144 valence electrons. The number of likely N-dealkylation sites (tertiary alicyclic amines) is 1. The van der Waals surface area contributed by atoms with Gasteiger partial charge < -0.3 is 14.4 Å². The highest BCUT2D eigenvalue weighted by atomic mass is 32.2. The number of carbonyl (C=O) groups excluding carboxylic acids is 1. The predicted molar refractivity (Wildman–Crippen MR) is 96.3 cm³/mol. The first kappa shape index (κ1) is 18.9. The lowest BCUT2D eigenvalue weighted by Crippen LogP contribution is -2.46. The Morgan fingerprint density at radius 2 is 1.92 bits per heavy atom. The highest BCUT2D eigenvalue weighted by molar-refractivity contribution is 7.87. The van der Waals surface area contributed by atoms with Gasteiger partial charge in [0, 0.05) is 38.8 Å². The predicted octanol–water partition coefficient (Wildman–Crippen LogP) is 0.908. The van der Waals surface area contributed by atoms with Crippen LogP contribution in [-0.2, 0) is 10.2 Å².